The summed E-state index contributed by atoms with van der Waals surface area (Å²) in [6, 6.07) is 9.07. The maximum Gasteiger partial charge on any atom is 0.276 e. The fourth-order valence-electron chi connectivity index (χ4n) is 1.92. The minimum Gasteiger partial charge on any atom is -0.483 e. The molecule has 0 aliphatic carbocycles. The Kier molecular flexibility index (Phi) is 8.02. The summed E-state index contributed by atoms with van der Waals surface area (Å²) in [6.07, 6.45) is 5.16. The van der Waals surface area contributed by atoms with Gasteiger partial charge in [-0.25, -0.2) is 0 Å². The summed E-state index contributed by atoms with van der Waals surface area (Å²) in [6.45, 7) is 1.84. The largest absolute Gasteiger partial charge is 0.483 e. The SMILES string of the molecule is CCc1ccc(OCC(=O)NNC(=S)NC(=O)/C=C/c2ccco2)c(Br)c1. The lowest BCUT2D eigenvalue weighted by molar-refractivity contribution is -0.123. The van der Waals surface area contributed by atoms with Gasteiger partial charge in [-0.1, -0.05) is 13.0 Å². The van der Waals surface area contributed by atoms with Gasteiger partial charge in [0.1, 0.15) is 11.5 Å². The average Bonchev–Trinajstić information content (AvgIpc) is 3.17. The predicted octanol–water partition coefficient (Wildman–Crippen LogP) is 2.72. The zero-order chi connectivity index (χ0) is 19.6. The van der Waals surface area contributed by atoms with Crippen LogP contribution in [-0.2, 0) is 16.0 Å². The van der Waals surface area contributed by atoms with Crippen molar-refractivity contribution in [3.05, 3.63) is 58.5 Å². The number of aryl methyl sites for hydroxylation is 1. The number of hydrogen-bond acceptors (Lipinski definition) is 5. The van der Waals surface area contributed by atoms with E-state index in [0.717, 1.165) is 16.5 Å². The van der Waals surface area contributed by atoms with Gasteiger partial charge in [0.15, 0.2) is 11.7 Å². The Labute approximate surface area is 170 Å². The molecule has 27 heavy (non-hydrogen) atoms. The molecule has 0 bridgehead atoms. The molecule has 1 heterocycles. The third kappa shape index (κ3) is 7.24. The number of nitrogens with one attached hydrogen (secondary N) is 3. The number of ether oxygens (including phenoxy) is 1. The third-order valence-electron chi connectivity index (χ3n) is 3.26. The van der Waals surface area contributed by atoms with Crippen molar-refractivity contribution in [2.75, 3.05) is 6.61 Å². The summed E-state index contributed by atoms with van der Waals surface area (Å²) >= 11 is 8.33. The van der Waals surface area contributed by atoms with Gasteiger partial charge < -0.3 is 9.15 Å². The molecule has 0 spiro atoms. The van der Waals surface area contributed by atoms with Crippen molar-refractivity contribution in [2.45, 2.75) is 13.3 Å². The Morgan fingerprint density at radius 2 is 2.11 bits per heavy atom. The van der Waals surface area contributed by atoms with Gasteiger partial charge in [0.25, 0.3) is 5.91 Å². The van der Waals surface area contributed by atoms with E-state index in [1.165, 1.54) is 18.4 Å². The van der Waals surface area contributed by atoms with Crippen LogP contribution in [0.15, 0.2) is 51.6 Å². The van der Waals surface area contributed by atoms with Crippen LogP contribution in [0.2, 0.25) is 0 Å². The maximum absolute atomic E-state index is 11.8. The normalized spacial score (nSPS) is 10.4. The second-order valence-electron chi connectivity index (χ2n) is 5.25. The predicted molar refractivity (Wildman–Crippen MR) is 109 cm³/mol. The van der Waals surface area contributed by atoms with Crippen LogP contribution in [0.5, 0.6) is 5.75 Å². The standard InChI is InChI=1S/C18H18BrN3O4S/c1-2-12-5-7-15(14(19)10-12)26-11-17(24)21-22-18(27)20-16(23)8-6-13-4-3-9-25-13/h3-10H,2,11H2,1H3,(H,21,24)(H2,20,22,23,27)/b8-6+. The fraction of sp³-hybridized carbons (Fsp3) is 0.167. The number of furan rings is 1. The highest BCUT2D eigenvalue weighted by Gasteiger charge is 2.07. The molecule has 9 heteroatoms. The van der Waals surface area contributed by atoms with Crippen LogP contribution in [-0.4, -0.2) is 23.5 Å². The molecule has 0 radical (unpaired) electrons. The molecular formula is C18H18BrN3O4S. The number of carbonyl (C=O) groups excluding carboxylic acids is 2. The van der Waals surface area contributed by atoms with E-state index in [2.05, 4.69) is 39.0 Å². The van der Waals surface area contributed by atoms with Crippen LogP contribution in [0.25, 0.3) is 6.08 Å². The van der Waals surface area contributed by atoms with E-state index < -0.39 is 11.8 Å². The Morgan fingerprint density at radius 3 is 2.78 bits per heavy atom. The molecule has 0 unspecified atom stereocenters. The van der Waals surface area contributed by atoms with Gasteiger partial charge in [0.2, 0.25) is 5.91 Å². The molecular weight excluding hydrogens is 434 g/mol. The molecule has 0 atom stereocenters. The van der Waals surface area contributed by atoms with Gasteiger partial charge in [0.05, 0.1) is 10.7 Å². The minimum absolute atomic E-state index is 0.0501. The summed E-state index contributed by atoms with van der Waals surface area (Å²) in [4.78, 5) is 23.5. The van der Waals surface area contributed by atoms with Crippen molar-refractivity contribution in [3.63, 3.8) is 0 Å². The number of carbonyl (C=O) groups is 2. The Balaban J connectivity index is 1.70. The number of thiocarbonyl (C=S) groups is 1. The van der Waals surface area contributed by atoms with Crippen LogP contribution >= 0.6 is 28.1 Å². The molecule has 0 aliphatic heterocycles. The molecule has 0 aliphatic rings. The number of rotatable bonds is 6. The highest BCUT2D eigenvalue weighted by Crippen LogP contribution is 2.26. The van der Waals surface area contributed by atoms with Crippen LogP contribution in [0, 0.1) is 0 Å². The molecule has 2 rings (SSSR count). The Hall–Kier alpha value is -2.65. The highest BCUT2D eigenvalue weighted by molar-refractivity contribution is 9.10. The Bertz CT molecular complexity index is 837. The molecule has 1 aromatic heterocycles. The summed E-state index contributed by atoms with van der Waals surface area (Å²) in [5.74, 6) is 0.174. The summed E-state index contributed by atoms with van der Waals surface area (Å²) in [5.41, 5.74) is 5.92. The molecule has 7 nitrogen and oxygen atoms in total. The van der Waals surface area contributed by atoms with Crippen LogP contribution < -0.4 is 20.9 Å². The molecule has 3 N–H and O–H groups in total. The second kappa shape index (κ2) is 10.5. The van der Waals surface area contributed by atoms with Gasteiger partial charge in [-0.05, 0) is 70.5 Å². The third-order valence-corrected chi connectivity index (χ3v) is 4.08. The van der Waals surface area contributed by atoms with Crippen molar-refractivity contribution in [2.24, 2.45) is 0 Å². The lowest BCUT2D eigenvalue weighted by atomic mass is 10.2. The highest BCUT2D eigenvalue weighted by atomic mass is 79.9. The number of halogens is 1. The van der Waals surface area contributed by atoms with Crippen molar-refractivity contribution in [1.29, 1.82) is 0 Å². The number of hydrazine groups is 1. The van der Waals surface area contributed by atoms with Gasteiger partial charge in [-0.15, -0.1) is 0 Å². The number of hydrogen-bond donors (Lipinski definition) is 3. The second-order valence-corrected chi connectivity index (χ2v) is 6.51. The molecule has 0 saturated heterocycles. The summed E-state index contributed by atoms with van der Waals surface area (Å²) < 4.78 is 11.3. The van der Waals surface area contributed by atoms with Crippen LogP contribution in [0.4, 0.5) is 0 Å². The molecule has 2 amide bonds. The first-order valence-corrected chi connectivity index (χ1v) is 9.20. The average molecular weight is 452 g/mol. The zero-order valence-electron chi connectivity index (χ0n) is 14.5. The zero-order valence-corrected chi connectivity index (χ0v) is 16.9. The quantitative estimate of drug-likeness (QED) is 0.355. The van der Waals surface area contributed by atoms with Crippen molar-refractivity contribution in [3.8, 4) is 5.75 Å². The van der Waals surface area contributed by atoms with E-state index in [4.69, 9.17) is 21.4 Å². The van der Waals surface area contributed by atoms with Crippen molar-refractivity contribution >= 4 is 51.2 Å². The van der Waals surface area contributed by atoms with E-state index in [1.807, 2.05) is 12.1 Å². The lowest BCUT2D eigenvalue weighted by Crippen LogP contribution is -2.49. The van der Waals surface area contributed by atoms with E-state index in [1.54, 1.807) is 18.2 Å². The topological polar surface area (TPSA) is 92.6 Å². The van der Waals surface area contributed by atoms with E-state index in [-0.39, 0.29) is 11.7 Å². The maximum atomic E-state index is 11.8. The van der Waals surface area contributed by atoms with Crippen molar-refractivity contribution < 1.29 is 18.7 Å². The van der Waals surface area contributed by atoms with Gasteiger partial charge in [-0.3, -0.25) is 25.8 Å². The monoisotopic (exact) mass is 451 g/mol. The molecule has 1 aromatic carbocycles. The lowest BCUT2D eigenvalue weighted by Gasteiger charge is -2.11. The first-order chi connectivity index (χ1) is 13.0. The van der Waals surface area contributed by atoms with Gasteiger partial charge >= 0.3 is 0 Å². The van der Waals surface area contributed by atoms with Crippen molar-refractivity contribution in [1.82, 2.24) is 16.2 Å². The summed E-state index contributed by atoms with van der Waals surface area (Å²) in [7, 11) is 0. The number of amides is 2. The molecule has 2 aromatic rings. The first-order valence-electron chi connectivity index (χ1n) is 8.00. The Morgan fingerprint density at radius 1 is 1.30 bits per heavy atom. The number of benzene rings is 1. The minimum atomic E-state index is -0.464. The van der Waals surface area contributed by atoms with Gasteiger partial charge in [0, 0.05) is 6.08 Å². The van der Waals surface area contributed by atoms with E-state index in [0.29, 0.717) is 11.5 Å². The van der Waals surface area contributed by atoms with Gasteiger partial charge in [-0.2, -0.15) is 0 Å². The molecule has 0 fully saturated rings. The molecule has 142 valence electrons. The smallest absolute Gasteiger partial charge is 0.276 e. The summed E-state index contributed by atoms with van der Waals surface area (Å²) in [5, 5.41) is 2.33. The van der Waals surface area contributed by atoms with E-state index in [9.17, 15) is 9.59 Å². The fourth-order valence-corrected chi connectivity index (χ4v) is 2.61. The first kappa shape index (κ1) is 20.7. The van der Waals surface area contributed by atoms with E-state index >= 15 is 0 Å². The van der Waals surface area contributed by atoms with Crippen LogP contribution in [0.1, 0.15) is 18.2 Å². The molecule has 0 saturated carbocycles. The van der Waals surface area contributed by atoms with Crippen LogP contribution in [0.3, 0.4) is 0 Å².